The number of carbonyl (C=O) groups is 1. The molecule has 1 aliphatic rings. The minimum absolute atomic E-state index is 0.0406. The topological polar surface area (TPSA) is 92.3 Å². The average Bonchev–Trinajstić information content (AvgIpc) is 3.09. The zero-order chi connectivity index (χ0) is 27.1. The summed E-state index contributed by atoms with van der Waals surface area (Å²) in [6.45, 7) is 12.9. The van der Waals surface area contributed by atoms with Gasteiger partial charge in [0.05, 0.1) is 5.56 Å². The van der Waals surface area contributed by atoms with E-state index >= 15 is 0 Å². The molecule has 1 amide bonds. The summed E-state index contributed by atoms with van der Waals surface area (Å²) in [6, 6.07) is 12.1. The number of carbonyl (C=O) groups excluding carboxylic acids is 1. The Labute approximate surface area is 224 Å². The molecule has 1 N–H and O–H groups in total. The number of nitrogens with zero attached hydrogens (tertiary/aromatic N) is 3. The summed E-state index contributed by atoms with van der Waals surface area (Å²) >= 11 is 6.29. The lowest BCUT2D eigenvalue weighted by Gasteiger charge is -2.33. The summed E-state index contributed by atoms with van der Waals surface area (Å²) in [5, 5.41) is 0.372. The van der Waals surface area contributed by atoms with Gasteiger partial charge in [-0.05, 0) is 80.5 Å². The first-order valence-electron chi connectivity index (χ1n) is 12.4. The summed E-state index contributed by atoms with van der Waals surface area (Å²) in [6.07, 6.45) is 2.63. The molecular weight excluding hydrogens is 508 g/mol. The van der Waals surface area contributed by atoms with Gasteiger partial charge in [-0.1, -0.05) is 44.5 Å². The Bertz CT molecular complexity index is 1430. The number of halogens is 1. The molecule has 1 aliphatic heterocycles. The van der Waals surface area contributed by atoms with E-state index < -0.39 is 15.9 Å². The van der Waals surface area contributed by atoms with Gasteiger partial charge in [0.2, 0.25) is 0 Å². The van der Waals surface area contributed by atoms with Gasteiger partial charge in [-0.15, -0.1) is 0 Å². The standard InChI is InChI=1S/C28H33ClN4O3S/c1-17(2)24-8-7-9-25(31-24)37(35,36)32-27(34)23-13-21(20-10-18(3)11-22(29)12-20)15-30-26(23)33-16-19(4)14-28(33,5)6/h7-13,15,17,19H,14,16H2,1-6H3,(H,32,34). The highest BCUT2D eigenvalue weighted by Gasteiger charge is 2.39. The molecule has 3 heterocycles. The number of rotatable bonds is 6. The van der Waals surface area contributed by atoms with E-state index in [1.54, 1.807) is 30.5 Å². The van der Waals surface area contributed by atoms with Crippen LogP contribution < -0.4 is 9.62 Å². The molecule has 37 heavy (non-hydrogen) atoms. The van der Waals surface area contributed by atoms with Crippen molar-refractivity contribution >= 4 is 33.3 Å². The third-order valence-corrected chi connectivity index (χ3v) is 8.10. The maximum atomic E-state index is 13.6. The van der Waals surface area contributed by atoms with Gasteiger partial charge in [0.1, 0.15) is 5.82 Å². The van der Waals surface area contributed by atoms with Crippen LogP contribution in [0.2, 0.25) is 5.02 Å². The Morgan fingerprint density at radius 3 is 2.51 bits per heavy atom. The van der Waals surface area contributed by atoms with Gasteiger partial charge in [-0.3, -0.25) is 4.79 Å². The molecule has 0 saturated carbocycles. The molecule has 196 valence electrons. The number of benzene rings is 1. The number of sulfonamides is 1. The fourth-order valence-electron chi connectivity index (χ4n) is 4.99. The normalized spacial score (nSPS) is 17.3. The van der Waals surface area contributed by atoms with Crippen LogP contribution in [0.4, 0.5) is 5.82 Å². The van der Waals surface area contributed by atoms with Gasteiger partial charge in [0.15, 0.2) is 5.03 Å². The molecule has 4 rings (SSSR count). The molecule has 0 bridgehead atoms. The van der Waals surface area contributed by atoms with Crippen LogP contribution in [-0.4, -0.2) is 36.4 Å². The van der Waals surface area contributed by atoms with E-state index in [0.29, 0.717) is 34.6 Å². The fraction of sp³-hybridized carbons (Fsp3) is 0.393. The second-order valence-electron chi connectivity index (χ2n) is 10.8. The minimum atomic E-state index is -4.21. The predicted octanol–water partition coefficient (Wildman–Crippen LogP) is 5.97. The van der Waals surface area contributed by atoms with Crippen molar-refractivity contribution < 1.29 is 13.2 Å². The maximum absolute atomic E-state index is 13.6. The lowest BCUT2D eigenvalue weighted by molar-refractivity contribution is 0.0981. The molecule has 1 atom stereocenters. The van der Waals surface area contributed by atoms with Crippen molar-refractivity contribution in [3.05, 3.63) is 70.5 Å². The largest absolute Gasteiger partial charge is 0.351 e. The van der Waals surface area contributed by atoms with Gasteiger partial charge in [0, 0.05) is 34.6 Å². The van der Waals surface area contributed by atoms with Crippen LogP contribution in [0.25, 0.3) is 11.1 Å². The predicted molar refractivity (Wildman–Crippen MR) is 148 cm³/mol. The van der Waals surface area contributed by atoms with Crippen molar-refractivity contribution in [3.8, 4) is 11.1 Å². The van der Waals surface area contributed by atoms with Crippen molar-refractivity contribution in [1.82, 2.24) is 14.7 Å². The highest BCUT2D eigenvalue weighted by molar-refractivity contribution is 7.90. The van der Waals surface area contributed by atoms with E-state index in [1.165, 1.54) is 6.07 Å². The lowest BCUT2D eigenvalue weighted by Crippen LogP contribution is -2.41. The number of nitrogens with one attached hydrogen (secondary N) is 1. The smallest absolute Gasteiger partial charge is 0.281 e. The third-order valence-electron chi connectivity index (χ3n) is 6.65. The Morgan fingerprint density at radius 1 is 1.16 bits per heavy atom. The number of amides is 1. The molecule has 0 radical (unpaired) electrons. The Hall–Kier alpha value is -2.97. The fourth-order valence-corrected chi connectivity index (χ4v) is 6.22. The summed E-state index contributed by atoms with van der Waals surface area (Å²) in [4.78, 5) is 24.7. The van der Waals surface area contributed by atoms with Gasteiger partial charge < -0.3 is 4.90 Å². The minimum Gasteiger partial charge on any atom is -0.351 e. The van der Waals surface area contributed by atoms with Gasteiger partial charge in [0.25, 0.3) is 15.9 Å². The maximum Gasteiger partial charge on any atom is 0.281 e. The van der Waals surface area contributed by atoms with Crippen LogP contribution in [0.1, 0.15) is 68.6 Å². The van der Waals surface area contributed by atoms with E-state index in [4.69, 9.17) is 16.6 Å². The van der Waals surface area contributed by atoms with Crippen molar-refractivity contribution in [1.29, 1.82) is 0 Å². The second-order valence-corrected chi connectivity index (χ2v) is 12.9. The molecule has 9 heteroatoms. The van der Waals surface area contributed by atoms with Crippen LogP contribution in [0.3, 0.4) is 0 Å². The van der Waals surface area contributed by atoms with Gasteiger partial charge in [-0.25, -0.2) is 14.7 Å². The number of aryl methyl sites for hydroxylation is 1. The molecule has 7 nitrogen and oxygen atoms in total. The Morgan fingerprint density at radius 2 is 1.89 bits per heavy atom. The van der Waals surface area contributed by atoms with E-state index in [9.17, 15) is 13.2 Å². The zero-order valence-corrected chi connectivity index (χ0v) is 23.6. The molecular formula is C28H33ClN4O3S. The third kappa shape index (κ3) is 5.80. The van der Waals surface area contributed by atoms with Gasteiger partial charge in [-0.2, -0.15) is 8.42 Å². The lowest BCUT2D eigenvalue weighted by atomic mass is 9.97. The number of hydrogen-bond acceptors (Lipinski definition) is 6. The monoisotopic (exact) mass is 540 g/mol. The van der Waals surface area contributed by atoms with Crippen LogP contribution in [0.15, 0.2) is 53.7 Å². The van der Waals surface area contributed by atoms with E-state index in [2.05, 4.69) is 35.4 Å². The van der Waals surface area contributed by atoms with Crippen molar-refractivity contribution in [2.75, 3.05) is 11.4 Å². The van der Waals surface area contributed by atoms with Crippen LogP contribution in [0, 0.1) is 12.8 Å². The highest BCUT2D eigenvalue weighted by atomic mass is 35.5. The molecule has 1 saturated heterocycles. The van der Waals surface area contributed by atoms with Crippen molar-refractivity contribution in [2.24, 2.45) is 5.92 Å². The highest BCUT2D eigenvalue weighted by Crippen LogP contribution is 2.38. The average molecular weight is 541 g/mol. The summed E-state index contributed by atoms with van der Waals surface area (Å²) in [5.41, 5.74) is 2.99. The number of aromatic nitrogens is 2. The Kier molecular flexibility index (Phi) is 7.36. The van der Waals surface area contributed by atoms with E-state index in [-0.39, 0.29) is 22.0 Å². The van der Waals surface area contributed by atoms with E-state index in [1.807, 2.05) is 32.9 Å². The SMILES string of the molecule is Cc1cc(Cl)cc(-c2cnc(N3CC(C)CC3(C)C)c(C(=O)NS(=O)(=O)c3cccc(C(C)C)n3)c2)c1. The first kappa shape index (κ1) is 27.1. The summed E-state index contributed by atoms with van der Waals surface area (Å²) in [5.74, 6) is 0.136. The van der Waals surface area contributed by atoms with Crippen molar-refractivity contribution in [3.63, 3.8) is 0 Å². The quantitative estimate of drug-likeness (QED) is 0.414. The Balaban J connectivity index is 1.79. The number of pyridine rings is 2. The molecule has 2 aromatic heterocycles. The van der Waals surface area contributed by atoms with Crippen LogP contribution in [0.5, 0.6) is 0 Å². The summed E-state index contributed by atoms with van der Waals surface area (Å²) in [7, 11) is -4.21. The van der Waals surface area contributed by atoms with Crippen LogP contribution in [-0.2, 0) is 10.0 Å². The van der Waals surface area contributed by atoms with Crippen molar-refractivity contribution in [2.45, 2.75) is 64.4 Å². The molecule has 0 aliphatic carbocycles. The number of anilines is 1. The molecule has 1 unspecified atom stereocenters. The first-order valence-corrected chi connectivity index (χ1v) is 14.2. The molecule has 3 aromatic rings. The molecule has 1 fully saturated rings. The second kappa shape index (κ2) is 10.1. The van der Waals surface area contributed by atoms with E-state index in [0.717, 1.165) is 17.5 Å². The van der Waals surface area contributed by atoms with Crippen LogP contribution >= 0.6 is 11.6 Å². The first-order chi connectivity index (χ1) is 17.3. The van der Waals surface area contributed by atoms with Gasteiger partial charge >= 0.3 is 0 Å². The number of hydrogen-bond donors (Lipinski definition) is 1. The molecule has 1 aromatic carbocycles. The zero-order valence-electron chi connectivity index (χ0n) is 22.0. The molecule has 0 spiro atoms. The summed E-state index contributed by atoms with van der Waals surface area (Å²) < 4.78 is 28.6.